The number of rotatable bonds is 6. The van der Waals surface area contributed by atoms with E-state index in [0.29, 0.717) is 27.8 Å². The highest BCUT2D eigenvalue weighted by atomic mass is 28.3. The summed E-state index contributed by atoms with van der Waals surface area (Å²) in [5.74, 6) is 16.3. The lowest BCUT2D eigenvalue weighted by Gasteiger charge is -2.38. The van der Waals surface area contributed by atoms with E-state index in [1.54, 1.807) is 0 Å². The lowest BCUT2D eigenvalue weighted by Crippen LogP contribution is -2.43. The van der Waals surface area contributed by atoms with Gasteiger partial charge < -0.3 is 0 Å². The van der Waals surface area contributed by atoms with Gasteiger partial charge in [-0.05, 0) is 46.9 Å². The van der Waals surface area contributed by atoms with Gasteiger partial charge in [-0.3, -0.25) is 0 Å². The van der Waals surface area contributed by atoms with Crippen LogP contribution in [-0.4, -0.2) is 16.1 Å². The van der Waals surface area contributed by atoms with Crippen molar-refractivity contribution in [3.8, 4) is 47.1 Å². The van der Waals surface area contributed by atoms with Gasteiger partial charge in [0.05, 0.1) is 11.1 Å². The Kier molecular flexibility index (Phi) is 11.6. The third-order valence-corrected chi connectivity index (χ3v) is 18.3. The average Bonchev–Trinajstić information content (AvgIpc) is 2.80. The summed E-state index contributed by atoms with van der Waals surface area (Å²) in [6.45, 7) is 20.7. The third-order valence-electron chi connectivity index (χ3n) is 7.25. The van der Waals surface area contributed by atoms with Gasteiger partial charge in [-0.15, -0.1) is 17.5 Å². The van der Waals surface area contributed by atoms with Crippen LogP contribution in [-0.2, 0) is 0 Å². The first-order valence-electron chi connectivity index (χ1n) is 12.5. The molecule has 0 saturated carbocycles. The SMILES string of the molecule is C#C/C(C#C[Si](C(C)C)(C(C)C)C(C)C)=C(\C#Cc1ccccc1)C#C[Si](CC)(CC)CC. The molecule has 0 radical (unpaired) electrons. The van der Waals surface area contributed by atoms with Crippen LogP contribution < -0.4 is 0 Å². The van der Waals surface area contributed by atoms with Crippen molar-refractivity contribution in [1.82, 2.24) is 0 Å². The van der Waals surface area contributed by atoms with Gasteiger partial charge in [0.1, 0.15) is 16.1 Å². The first-order valence-corrected chi connectivity index (χ1v) is 17.3. The van der Waals surface area contributed by atoms with E-state index >= 15 is 0 Å². The zero-order chi connectivity index (χ0) is 25.1. The van der Waals surface area contributed by atoms with Crippen molar-refractivity contribution in [1.29, 1.82) is 0 Å². The summed E-state index contributed by atoms with van der Waals surface area (Å²) in [5, 5.41) is 0. The lowest BCUT2D eigenvalue weighted by atomic mass is 10.1. The van der Waals surface area contributed by atoms with Gasteiger partial charge in [0.25, 0.3) is 0 Å². The van der Waals surface area contributed by atoms with Gasteiger partial charge >= 0.3 is 0 Å². The molecule has 0 aliphatic rings. The van der Waals surface area contributed by atoms with E-state index < -0.39 is 16.1 Å². The Morgan fingerprint density at radius 2 is 1.21 bits per heavy atom. The molecule has 2 heteroatoms. The number of hydrogen-bond donors (Lipinski definition) is 0. The molecule has 33 heavy (non-hydrogen) atoms. The van der Waals surface area contributed by atoms with E-state index in [-0.39, 0.29) is 0 Å². The molecule has 0 spiro atoms. The Bertz CT molecular complexity index is 995. The fourth-order valence-corrected chi connectivity index (χ4v) is 12.4. The van der Waals surface area contributed by atoms with Crippen molar-refractivity contribution in [2.45, 2.75) is 97.1 Å². The van der Waals surface area contributed by atoms with Crippen LogP contribution in [0.25, 0.3) is 0 Å². The van der Waals surface area contributed by atoms with Crippen LogP contribution >= 0.6 is 0 Å². The minimum absolute atomic E-state index is 0.550. The highest BCUT2D eigenvalue weighted by molar-refractivity contribution is 6.90. The summed E-state index contributed by atoms with van der Waals surface area (Å²) in [6.07, 6.45) is 6.02. The van der Waals surface area contributed by atoms with Gasteiger partial charge in [-0.1, -0.05) is 110 Å². The topological polar surface area (TPSA) is 0 Å². The van der Waals surface area contributed by atoms with Crippen LogP contribution in [0.3, 0.4) is 0 Å². The molecule has 0 bridgehead atoms. The Labute approximate surface area is 207 Å². The molecule has 0 heterocycles. The van der Waals surface area contributed by atoms with Gasteiger partial charge in [0, 0.05) is 5.56 Å². The van der Waals surface area contributed by atoms with Gasteiger partial charge in [-0.2, -0.15) is 0 Å². The summed E-state index contributed by atoms with van der Waals surface area (Å²) in [6, 6.07) is 13.5. The number of allylic oxidation sites excluding steroid dienone is 2. The molecule has 0 saturated heterocycles. The molecule has 0 atom stereocenters. The van der Waals surface area contributed by atoms with Crippen molar-refractivity contribution in [2.75, 3.05) is 0 Å². The van der Waals surface area contributed by atoms with Crippen LogP contribution in [0.2, 0.25) is 34.8 Å². The quantitative estimate of drug-likeness (QED) is 0.290. The molecule has 0 unspecified atom stereocenters. The molecular formula is C31H42Si2. The summed E-state index contributed by atoms with van der Waals surface area (Å²) in [4.78, 5) is 0. The lowest BCUT2D eigenvalue weighted by molar-refractivity contribution is 0.838. The molecule has 1 aromatic rings. The fraction of sp³-hybridized carbons (Fsp3) is 0.484. The van der Waals surface area contributed by atoms with E-state index in [0.717, 1.165) is 23.7 Å². The second-order valence-corrected chi connectivity index (χ2v) is 20.3. The molecule has 0 aliphatic carbocycles. The second-order valence-electron chi connectivity index (χ2n) is 9.75. The predicted octanol–water partition coefficient (Wildman–Crippen LogP) is 8.24. The Hall–Kier alpha value is -2.37. The standard InChI is InChI=1S/C31H42Si2/c1-11-30(23-25-33(26(5)6,27(7)8)28(9)10)31(21-20-29-18-16-15-17-19-29)22-24-32(12-2,13-3)14-4/h1,15-19,26-28H,12-14H2,2-10H3/b31-30-. The molecule has 1 aromatic carbocycles. The smallest absolute Gasteiger partial charge is 0.125 e. The summed E-state index contributed by atoms with van der Waals surface area (Å²) in [5.41, 5.74) is 11.4. The van der Waals surface area contributed by atoms with Crippen LogP contribution in [0, 0.1) is 47.1 Å². The largest absolute Gasteiger partial charge is 0.146 e. The highest BCUT2D eigenvalue weighted by Crippen LogP contribution is 2.40. The molecule has 0 N–H and O–H groups in total. The van der Waals surface area contributed by atoms with E-state index in [2.05, 4.69) is 103 Å². The van der Waals surface area contributed by atoms with Crippen molar-refractivity contribution >= 4 is 16.1 Å². The predicted molar refractivity (Wildman–Crippen MR) is 153 cm³/mol. The van der Waals surface area contributed by atoms with Crippen molar-refractivity contribution < 1.29 is 0 Å². The number of hydrogen-bond acceptors (Lipinski definition) is 0. The van der Waals surface area contributed by atoms with Crippen LogP contribution in [0.4, 0.5) is 0 Å². The molecule has 0 nitrogen and oxygen atoms in total. The molecule has 0 fully saturated rings. The maximum Gasteiger partial charge on any atom is 0.146 e. The van der Waals surface area contributed by atoms with Crippen molar-refractivity contribution in [2.24, 2.45) is 0 Å². The van der Waals surface area contributed by atoms with Crippen LogP contribution in [0.5, 0.6) is 0 Å². The van der Waals surface area contributed by atoms with Crippen molar-refractivity contribution in [3.63, 3.8) is 0 Å². The summed E-state index contributed by atoms with van der Waals surface area (Å²) >= 11 is 0. The second kappa shape index (κ2) is 13.4. The van der Waals surface area contributed by atoms with E-state index in [4.69, 9.17) is 6.42 Å². The first-order chi connectivity index (χ1) is 15.6. The molecular weight excluding hydrogens is 429 g/mol. The van der Waals surface area contributed by atoms with E-state index in [1.165, 1.54) is 0 Å². The van der Waals surface area contributed by atoms with Gasteiger partial charge in [0.15, 0.2) is 0 Å². The fourth-order valence-electron chi connectivity index (χ4n) is 4.80. The normalized spacial score (nSPS) is 12.1. The zero-order valence-electron chi connectivity index (χ0n) is 22.3. The average molecular weight is 471 g/mol. The first kappa shape index (κ1) is 28.7. The minimum atomic E-state index is -1.90. The van der Waals surface area contributed by atoms with Gasteiger partial charge in [-0.25, -0.2) is 0 Å². The highest BCUT2D eigenvalue weighted by Gasteiger charge is 2.41. The van der Waals surface area contributed by atoms with Crippen molar-refractivity contribution in [3.05, 3.63) is 47.0 Å². The molecule has 174 valence electrons. The van der Waals surface area contributed by atoms with Gasteiger partial charge in [0.2, 0.25) is 0 Å². The molecule has 1 rings (SSSR count). The van der Waals surface area contributed by atoms with Crippen LogP contribution in [0.1, 0.15) is 67.9 Å². The maximum absolute atomic E-state index is 6.02. The number of benzene rings is 1. The Morgan fingerprint density at radius 3 is 1.64 bits per heavy atom. The molecule has 0 amide bonds. The number of terminal acetylenes is 1. The zero-order valence-corrected chi connectivity index (χ0v) is 24.3. The molecule has 0 aliphatic heterocycles. The third kappa shape index (κ3) is 7.31. The summed E-state index contributed by atoms with van der Waals surface area (Å²) in [7, 11) is -3.53. The summed E-state index contributed by atoms with van der Waals surface area (Å²) < 4.78 is 0. The monoisotopic (exact) mass is 470 g/mol. The van der Waals surface area contributed by atoms with E-state index in [1.807, 2.05) is 30.3 Å². The Balaban J connectivity index is 3.80. The van der Waals surface area contributed by atoms with E-state index in [9.17, 15) is 0 Å². The minimum Gasteiger partial charge on any atom is -0.125 e. The molecule has 0 aromatic heterocycles. The maximum atomic E-state index is 6.02. The Morgan fingerprint density at radius 1 is 0.727 bits per heavy atom. The van der Waals surface area contributed by atoms with Crippen LogP contribution in [0.15, 0.2) is 41.5 Å².